The molecule has 6 heteroatoms. The molecule has 2 unspecified atom stereocenters. The van der Waals surface area contributed by atoms with Crippen LogP contribution in [0.15, 0.2) is 0 Å². The van der Waals surface area contributed by atoms with E-state index in [9.17, 15) is 14.4 Å². The van der Waals surface area contributed by atoms with Gasteiger partial charge in [0.15, 0.2) is 0 Å². The molecule has 2 N–H and O–H groups in total. The van der Waals surface area contributed by atoms with Gasteiger partial charge in [-0.05, 0) is 19.8 Å². The summed E-state index contributed by atoms with van der Waals surface area (Å²) in [5.41, 5.74) is 5.37. The van der Waals surface area contributed by atoms with E-state index in [1.54, 1.807) is 4.90 Å². The SMILES string of the molecule is CC1CCC(C(N)=O)CN1CC(=O)N1CCC(=O)CC1. The summed E-state index contributed by atoms with van der Waals surface area (Å²) in [4.78, 5) is 38.5. The van der Waals surface area contributed by atoms with Crippen molar-refractivity contribution in [2.45, 2.75) is 38.6 Å². The molecule has 2 aliphatic rings. The highest BCUT2D eigenvalue weighted by molar-refractivity contribution is 5.84. The minimum absolute atomic E-state index is 0.0504. The summed E-state index contributed by atoms with van der Waals surface area (Å²) in [6, 6.07) is 0.293. The Hall–Kier alpha value is -1.43. The topological polar surface area (TPSA) is 83.7 Å². The number of ketones is 1. The summed E-state index contributed by atoms with van der Waals surface area (Å²) in [6.45, 7) is 4.01. The molecule has 0 spiro atoms. The lowest BCUT2D eigenvalue weighted by Gasteiger charge is -2.37. The van der Waals surface area contributed by atoms with Gasteiger partial charge >= 0.3 is 0 Å². The fourth-order valence-electron chi connectivity index (χ4n) is 2.91. The molecule has 2 rings (SSSR count). The molecule has 2 amide bonds. The quantitative estimate of drug-likeness (QED) is 0.774. The van der Waals surface area contributed by atoms with E-state index in [4.69, 9.17) is 5.73 Å². The van der Waals surface area contributed by atoms with Crippen molar-refractivity contribution in [3.05, 3.63) is 0 Å². The Morgan fingerprint density at radius 2 is 1.90 bits per heavy atom. The highest BCUT2D eigenvalue weighted by Crippen LogP contribution is 2.21. The van der Waals surface area contributed by atoms with E-state index in [0.29, 0.717) is 45.1 Å². The lowest BCUT2D eigenvalue weighted by atomic mass is 9.93. The highest BCUT2D eigenvalue weighted by Gasteiger charge is 2.31. The van der Waals surface area contributed by atoms with E-state index in [1.165, 1.54) is 0 Å². The molecule has 0 bridgehead atoms. The van der Waals surface area contributed by atoms with E-state index in [2.05, 4.69) is 6.92 Å². The van der Waals surface area contributed by atoms with Gasteiger partial charge in [-0.3, -0.25) is 19.3 Å². The third kappa shape index (κ3) is 3.56. The molecule has 2 aliphatic heterocycles. The summed E-state index contributed by atoms with van der Waals surface area (Å²) < 4.78 is 0. The van der Waals surface area contributed by atoms with Gasteiger partial charge in [0.1, 0.15) is 5.78 Å². The van der Waals surface area contributed by atoms with Crippen LogP contribution in [0.5, 0.6) is 0 Å². The maximum Gasteiger partial charge on any atom is 0.236 e. The molecule has 2 heterocycles. The third-order valence-corrected chi connectivity index (χ3v) is 4.43. The van der Waals surface area contributed by atoms with Crippen molar-refractivity contribution in [2.75, 3.05) is 26.2 Å². The molecular weight excluding hydrogens is 258 g/mol. The van der Waals surface area contributed by atoms with Gasteiger partial charge in [0.25, 0.3) is 0 Å². The summed E-state index contributed by atoms with van der Waals surface area (Å²) in [5, 5.41) is 0. The Morgan fingerprint density at radius 3 is 2.50 bits per heavy atom. The average molecular weight is 281 g/mol. The van der Waals surface area contributed by atoms with Gasteiger partial charge in [-0.1, -0.05) is 0 Å². The monoisotopic (exact) mass is 281 g/mol. The molecule has 2 fully saturated rings. The zero-order valence-electron chi connectivity index (χ0n) is 12.0. The minimum Gasteiger partial charge on any atom is -0.369 e. The Morgan fingerprint density at radius 1 is 1.25 bits per heavy atom. The maximum atomic E-state index is 12.3. The van der Waals surface area contributed by atoms with Crippen LogP contribution in [0.25, 0.3) is 0 Å². The van der Waals surface area contributed by atoms with E-state index in [-0.39, 0.29) is 23.5 Å². The van der Waals surface area contributed by atoms with E-state index >= 15 is 0 Å². The van der Waals surface area contributed by atoms with Gasteiger partial charge in [-0.25, -0.2) is 0 Å². The predicted octanol–water partition coefficient (Wildman–Crippen LogP) is -0.236. The average Bonchev–Trinajstić information content (AvgIpc) is 2.41. The predicted molar refractivity (Wildman–Crippen MR) is 73.8 cm³/mol. The summed E-state index contributed by atoms with van der Waals surface area (Å²) in [7, 11) is 0. The van der Waals surface area contributed by atoms with E-state index in [1.807, 2.05) is 4.90 Å². The Kier molecular flexibility index (Phi) is 4.75. The largest absolute Gasteiger partial charge is 0.369 e. The van der Waals surface area contributed by atoms with Crippen LogP contribution in [-0.2, 0) is 14.4 Å². The second kappa shape index (κ2) is 6.35. The van der Waals surface area contributed by atoms with Crippen LogP contribution in [0.4, 0.5) is 0 Å². The van der Waals surface area contributed by atoms with Gasteiger partial charge in [0.2, 0.25) is 11.8 Å². The summed E-state index contributed by atoms with van der Waals surface area (Å²) in [5.74, 6) is -0.150. The number of amides is 2. The van der Waals surface area contributed by atoms with Crippen molar-refractivity contribution in [3.63, 3.8) is 0 Å². The minimum atomic E-state index is -0.280. The normalized spacial score (nSPS) is 28.4. The van der Waals surface area contributed by atoms with Crippen molar-refractivity contribution in [1.29, 1.82) is 0 Å². The van der Waals surface area contributed by atoms with Crippen molar-refractivity contribution < 1.29 is 14.4 Å². The number of carbonyl (C=O) groups is 3. The van der Waals surface area contributed by atoms with E-state index < -0.39 is 0 Å². The Bertz CT molecular complexity index is 400. The number of primary amides is 1. The molecule has 0 aromatic heterocycles. The molecular formula is C14H23N3O3. The lowest BCUT2D eigenvalue weighted by Crippen LogP contribution is -2.51. The summed E-state index contributed by atoms with van der Waals surface area (Å²) in [6.07, 6.45) is 2.62. The first-order valence-electron chi connectivity index (χ1n) is 7.30. The zero-order chi connectivity index (χ0) is 14.7. The van der Waals surface area contributed by atoms with Crippen LogP contribution in [0, 0.1) is 5.92 Å². The van der Waals surface area contributed by atoms with Crippen LogP contribution in [0.3, 0.4) is 0 Å². The number of likely N-dealkylation sites (tertiary alicyclic amines) is 2. The van der Waals surface area contributed by atoms with Crippen molar-refractivity contribution in [1.82, 2.24) is 9.80 Å². The van der Waals surface area contributed by atoms with Crippen LogP contribution < -0.4 is 5.73 Å². The fraction of sp³-hybridized carbons (Fsp3) is 0.786. The number of carbonyl (C=O) groups excluding carboxylic acids is 3. The number of hydrogen-bond donors (Lipinski definition) is 1. The van der Waals surface area contributed by atoms with Crippen LogP contribution >= 0.6 is 0 Å². The highest BCUT2D eigenvalue weighted by atomic mass is 16.2. The molecule has 112 valence electrons. The molecule has 2 atom stereocenters. The van der Waals surface area contributed by atoms with Crippen LogP contribution in [0.1, 0.15) is 32.6 Å². The first kappa shape index (κ1) is 15.0. The molecule has 6 nitrogen and oxygen atoms in total. The zero-order valence-corrected chi connectivity index (χ0v) is 12.0. The standard InChI is InChI=1S/C14H23N3O3/c1-10-2-3-11(14(15)20)8-17(10)9-13(19)16-6-4-12(18)5-7-16/h10-11H,2-9H2,1H3,(H2,15,20). The van der Waals surface area contributed by atoms with Crippen molar-refractivity contribution >= 4 is 17.6 Å². The molecule has 20 heavy (non-hydrogen) atoms. The number of rotatable bonds is 3. The summed E-state index contributed by atoms with van der Waals surface area (Å²) >= 11 is 0. The number of nitrogens with two attached hydrogens (primary N) is 1. The van der Waals surface area contributed by atoms with Crippen molar-refractivity contribution in [3.8, 4) is 0 Å². The molecule has 0 aromatic carbocycles. The number of Topliss-reactive ketones (excluding diaryl/α,β-unsaturated/α-hetero) is 1. The second-order valence-corrected chi connectivity index (χ2v) is 5.87. The van der Waals surface area contributed by atoms with E-state index in [0.717, 1.165) is 12.8 Å². The molecule has 0 radical (unpaired) electrons. The van der Waals surface area contributed by atoms with Gasteiger partial charge in [0, 0.05) is 38.5 Å². The molecule has 0 aromatic rings. The Labute approximate surface area is 119 Å². The van der Waals surface area contributed by atoms with Gasteiger partial charge in [0.05, 0.1) is 12.5 Å². The second-order valence-electron chi connectivity index (χ2n) is 5.87. The van der Waals surface area contributed by atoms with Gasteiger partial charge in [-0.2, -0.15) is 0 Å². The number of hydrogen-bond acceptors (Lipinski definition) is 4. The third-order valence-electron chi connectivity index (χ3n) is 4.43. The van der Waals surface area contributed by atoms with Gasteiger partial charge < -0.3 is 10.6 Å². The number of nitrogens with zero attached hydrogens (tertiary/aromatic N) is 2. The Balaban J connectivity index is 1.88. The lowest BCUT2D eigenvalue weighted by molar-refractivity contribution is -0.137. The fourth-order valence-corrected chi connectivity index (χ4v) is 2.91. The molecule has 2 saturated heterocycles. The number of piperidine rings is 2. The van der Waals surface area contributed by atoms with Crippen molar-refractivity contribution in [2.24, 2.45) is 11.7 Å². The first-order chi connectivity index (χ1) is 9.47. The first-order valence-corrected chi connectivity index (χ1v) is 7.30. The van der Waals surface area contributed by atoms with Gasteiger partial charge in [-0.15, -0.1) is 0 Å². The smallest absolute Gasteiger partial charge is 0.236 e. The van der Waals surface area contributed by atoms with Crippen LogP contribution in [-0.4, -0.2) is 59.6 Å². The molecule has 0 saturated carbocycles. The molecule has 0 aliphatic carbocycles. The van der Waals surface area contributed by atoms with Crippen LogP contribution in [0.2, 0.25) is 0 Å². The maximum absolute atomic E-state index is 12.3.